The van der Waals surface area contributed by atoms with E-state index in [1.807, 2.05) is 30.3 Å². The van der Waals surface area contributed by atoms with E-state index in [-0.39, 0.29) is 0 Å². The third-order valence-electron chi connectivity index (χ3n) is 12.0. The summed E-state index contributed by atoms with van der Waals surface area (Å²) < 4.78 is 0. The standard InChI is InChI=1S/C56H35N3/c57-36-37-20-22-38(23-21-37)39-24-26-40(27-25-39)47-35-51-48(46-18-10-11-19-50(46)56(51,44-14-6-2-7-15-44)45-16-8-3-9-17-45)34-49(47)53-33-31-43-29-28-42-30-32-52(41-12-4-1-5-13-41)58-54(42)55(43)59-53/h1-35H. The molecule has 0 saturated carbocycles. The molecule has 0 fully saturated rings. The molecule has 1 aliphatic carbocycles. The normalized spacial score (nSPS) is 12.5. The van der Waals surface area contributed by atoms with Crippen LogP contribution in [0, 0.1) is 11.3 Å². The van der Waals surface area contributed by atoms with Gasteiger partial charge in [0.1, 0.15) is 0 Å². The summed E-state index contributed by atoms with van der Waals surface area (Å²) in [7, 11) is 0. The molecule has 3 heteroatoms. The van der Waals surface area contributed by atoms with E-state index in [1.165, 1.54) is 33.4 Å². The summed E-state index contributed by atoms with van der Waals surface area (Å²) in [6.07, 6.45) is 0. The minimum absolute atomic E-state index is 0.547. The Balaban J connectivity index is 1.18. The van der Waals surface area contributed by atoms with Crippen molar-refractivity contribution in [2.45, 2.75) is 5.41 Å². The predicted molar refractivity (Wildman–Crippen MR) is 241 cm³/mol. The zero-order valence-electron chi connectivity index (χ0n) is 32.0. The Labute approximate surface area is 343 Å². The zero-order valence-corrected chi connectivity index (χ0v) is 32.0. The van der Waals surface area contributed by atoms with Gasteiger partial charge in [-0.3, -0.25) is 0 Å². The zero-order chi connectivity index (χ0) is 39.3. The van der Waals surface area contributed by atoms with Crippen LogP contribution < -0.4 is 0 Å². The fourth-order valence-electron chi connectivity index (χ4n) is 9.21. The number of rotatable bonds is 6. The van der Waals surface area contributed by atoms with Crippen LogP contribution >= 0.6 is 0 Å². The van der Waals surface area contributed by atoms with Crippen molar-refractivity contribution in [1.29, 1.82) is 5.26 Å². The minimum atomic E-state index is -0.547. The maximum atomic E-state index is 9.40. The third kappa shape index (κ3) is 5.57. The summed E-state index contributed by atoms with van der Waals surface area (Å²) in [5.74, 6) is 0. The van der Waals surface area contributed by atoms with Gasteiger partial charge in [-0.25, -0.2) is 9.97 Å². The summed E-state index contributed by atoms with van der Waals surface area (Å²) in [6.45, 7) is 0. The monoisotopic (exact) mass is 749 g/mol. The lowest BCUT2D eigenvalue weighted by molar-refractivity contribution is 0.769. The number of nitrogens with zero attached hydrogens (tertiary/aromatic N) is 3. The molecule has 8 aromatic carbocycles. The topological polar surface area (TPSA) is 49.6 Å². The van der Waals surface area contributed by atoms with Crippen LogP contribution in [-0.4, -0.2) is 9.97 Å². The van der Waals surface area contributed by atoms with Gasteiger partial charge in [-0.05, 0) is 92.0 Å². The Bertz CT molecular complexity index is 3200. The Morgan fingerprint density at radius 3 is 1.49 bits per heavy atom. The van der Waals surface area contributed by atoms with Crippen LogP contribution in [0.25, 0.3) is 77.7 Å². The molecule has 59 heavy (non-hydrogen) atoms. The molecule has 0 aliphatic heterocycles. The molecule has 2 heterocycles. The number of nitriles is 1. The van der Waals surface area contributed by atoms with Gasteiger partial charge in [0, 0.05) is 21.9 Å². The van der Waals surface area contributed by atoms with E-state index in [1.54, 1.807) is 0 Å². The smallest absolute Gasteiger partial charge is 0.0991 e. The summed E-state index contributed by atoms with van der Waals surface area (Å²) in [5, 5.41) is 11.5. The lowest BCUT2D eigenvalue weighted by Crippen LogP contribution is -2.28. The van der Waals surface area contributed by atoms with Gasteiger partial charge in [0.25, 0.3) is 0 Å². The van der Waals surface area contributed by atoms with Gasteiger partial charge < -0.3 is 0 Å². The van der Waals surface area contributed by atoms with E-state index in [2.05, 4.69) is 188 Å². The highest BCUT2D eigenvalue weighted by Gasteiger charge is 2.46. The van der Waals surface area contributed by atoms with Crippen LogP contribution in [0.15, 0.2) is 212 Å². The first-order valence-electron chi connectivity index (χ1n) is 20.0. The highest BCUT2D eigenvalue weighted by molar-refractivity contribution is 6.05. The number of aromatic nitrogens is 2. The molecule has 0 bridgehead atoms. The van der Waals surface area contributed by atoms with Gasteiger partial charge in [-0.15, -0.1) is 0 Å². The molecule has 0 saturated heterocycles. The van der Waals surface area contributed by atoms with E-state index in [4.69, 9.17) is 9.97 Å². The van der Waals surface area contributed by atoms with Crippen molar-refractivity contribution in [2.75, 3.05) is 0 Å². The van der Waals surface area contributed by atoms with Crippen LogP contribution in [0.5, 0.6) is 0 Å². The Kier molecular flexibility index (Phi) is 8.10. The van der Waals surface area contributed by atoms with Gasteiger partial charge >= 0.3 is 0 Å². The number of pyridine rings is 2. The van der Waals surface area contributed by atoms with Crippen LogP contribution in [0.2, 0.25) is 0 Å². The summed E-state index contributed by atoms with van der Waals surface area (Å²) >= 11 is 0. The summed E-state index contributed by atoms with van der Waals surface area (Å²) in [5.41, 5.74) is 17.5. The molecular weight excluding hydrogens is 715 g/mol. The van der Waals surface area contributed by atoms with Crippen molar-refractivity contribution in [3.8, 4) is 62.0 Å². The molecule has 274 valence electrons. The largest absolute Gasteiger partial charge is 0.245 e. The molecule has 0 atom stereocenters. The van der Waals surface area contributed by atoms with Crippen molar-refractivity contribution in [3.63, 3.8) is 0 Å². The molecular formula is C56H35N3. The molecule has 11 rings (SSSR count). The quantitative estimate of drug-likeness (QED) is 0.159. The lowest BCUT2D eigenvalue weighted by Gasteiger charge is -2.34. The molecule has 0 unspecified atom stereocenters. The summed E-state index contributed by atoms with van der Waals surface area (Å²) in [6, 6.07) is 77.6. The van der Waals surface area contributed by atoms with Gasteiger partial charge in [-0.1, -0.05) is 176 Å². The van der Waals surface area contributed by atoms with Crippen molar-refractivity contribution in [3.05, 3.63) is 240 Å². The Hall–Kier alpha value is -7.93. The molecule has 10 aromatic rings. The second-order valence-corrected chi connectivity index (χ2v) is 15.2. The number of hydrogen-bond donors (Lipinski definition) is 0. The maximum absolute atomic E-state index is 9.40. The summed E-state index contributed by atoms with van der Waals surface area (Å²) in [4.78, 5) is 10.8. The van der Waals surface area contributed by atoms with Crippen LogP contribution in [0.3, 0.4) is 0 Å². The first-order chi connectivity index (χ1) is 29.2. The first kappa shape index (κ1) is 34.3. The maximum Gasteiger partial charge on any atom is 0.0991 e. The number of hydrogen-bond acceptors (Lipinski definition) is 3. The van der Waals surface area contributed by atoms with E-state index >= 15 is 0 Å². The third-order valence-corrected chi connectivity index (χ3v) is 12.0. The molecule has 1 aliphatic rings. The fraction of sp³-hybridized carbons (Fsp3) is 0.0179. The SMILES string of the molecule is N#Cc1ccc(-c2ccc(-c3cc4c(cc3-c3ccc5ccc6ccc(-c7ccccc7)nc6c5n3)-c3ccccc3C4(c3ccccc3)c3ccccc3)cc2)cc1. The van der Waals surface area contributed by atoms with Crippen molar-refractivity contribution in [1.82, 2.24) is 9.97 Å². The van der Waals surface area contributed by atoms with Crippen molar-refractivity contribution >= 4 is 21.8 Å². The molecule has 0 radical (unpaired) electrons. The van der Waals surface area contributed by atoms with Gasteiger partial charge in [0.15, 0.2) is 0 Å². The van der Waals surface area contributed by atoms with E-state index in [0.29, 0.717) is 5.56 Å². The second kappa shape index (κ2) is 13.9. The Morgan fingerprint density at radius 1 is 0.356 bits per heavy atom. The van der Waals surface area contributed by atoms with Crippen LogP contribution in [-0.2, 0) is 5.41 Å². The number of benzene rings is 8. The van der Waals surface area contributed by atoms with Crippen LogP contribution in [0.4, 0.5) is 0 Å². The van der Waals surface area contributed by atoms with E-state index in [0.717, 1.165) is 66.6 Å². The van der Waals surface area contributed by atoms with Crippen LogP contribution in [0.1, 0.15) is 27.8 Å². The van der Waals surface area contributed by atoms with E-state index < -0.39 is 5.41 Å². The highest BCUT2D eigenvalue weighted by Crippen LogP contribution is 2.58. The minimum Gasteiger partial charge on any atom is -0.245 e. The second-order valence-electron chi connectivity index (χ2n) is 15.2. The van der Waals surface area contributed by atoms with Gasteiger partial charge in [0.05, 0.1) is 39.5 Å². The predicted octanol–water partition coefficient (Wildman–Crippen LogP) is 13.7. The lowest BCUT2D eigenvalue weighted by atomic mass is 9.67. The molecule has 0 spiro atoms. The van der Waals surface area contributed by atoms with Crippen molar-refractivity contribution in [2.24, 2.45) is 0 Å². The average Bonchev–Trinajstić information content (AvgIpc) is 3.61. The number of fused-ring (bicyclic) bond motifs is 6. The molecule has 0 N–H and O–H groups in total. The average molecular weight is 750 g/mol. The molecule has 3 nitrogen and oxygen atoms in total. The highest BCUT2D eigenvalue weighted by atomic mass is 14.8. The van der Waals surface area contributed by atoms with E-state index in [9.17, 15) is 5.26 Å². The molecule has 0 amide bonds. The Morgan fingerprint density at radius 2 is 0.864 bits per heavy atom. The van der Waals surface area contributed by atoms with Gasteiger partial charge in [-0.2, -0.15) is 5.26 Å². The molecule has 2 aromatic heterocycles. The van der Waals surface area contributed by atoms with Crippen molar-refractivity contribution < 1.29 is 0 Å². The first-order valence-corrected chi connectivity index (χ1v) is 20.0. The fourth-order valence-corrected chi connectivity index (χ4v) is 9.21. The van der Waals surface area contributed by atoms with Gasteiger partial charge in [0.2, 0.25) is 0 Å².